The second-order valence-electron chi connectivity index (χ2n) is 3.55. The highest BCUT2D eigenvalue weighted by atomic mass is 79.9. The first-order chi connectivity index (χ1) is 8.04. The van der Waals surface area contributed by atoms with Crippen molar-refractivity contribution in [3.63, 3.8) is 0 Å². The number of benzene rings is 1. The molecule has 92 valence electrons. The first kappa shape index (κ1) is 12.5. The number of hydrogen-bond donors (Lipinski definition) is 3. The molecular formula is C10H10Br2N2O3. The second kappa shape index (κ2) is 4.73. The summed E-state index contributed by atoms with van der Waals surface area (Å²) in [5, 5.41) is 15.2. The lowest BCUT2D eigenvalue weighted by atomic mass is 10.1. The number of methoxy groups -OCH3 is 1. The molecular weight excluding hydrogens is 356 g/mol. The summed E-state index contributed by atoms with van der Waals surface area (Å²) in [7, 11) is 1.48. The summed E-state index contributed by atoms with van der Waals surface area (Å²) in [6.07, 6.45) is 0. The van der Waals surface area contributed by atoms with Gasteiger partial charge in [0.25, 0.3) is 0 Å². The SMILES string of the molecule is COc1cc([C@H]2CNC(=O)N2)c(Br)c(Br)c1O. The van der Waals surface area contributed by atoms with Crippen LogP contribution in [0.1, 0.15) is 11.6 Å². The maximum Gasteiger partial charge on any atom is 0.315 e. The number of urea groups is 1. The third-order valence-electron chi connectivity index (χ3n) is 2.54. The van der Waals surface area contributed by atoms with Gasteiger partial charge in [-0.05, 0) is 43.5 Å². The van der Waals surface area contributed by atoms with Crippen LogP contribution in [-0.4, -0.2) is 24.8 Å². The second-order valence-corrected chi connectivity index (χ2v) is 5.14. The molecule has 0 aliphatic carbocycles. The maximum absolute atomic E-state index is 11.1. The van der Waals surface area contributed by atoms with Gasteiger partial charge in [0.1, 0.15) is 0 Å². The molecule has 2 rings (SSSR count). The summed E-state index contributed by atoms with van der Waals surface area (Å²) >= 11 is 6.66. The Morgan fingerprint density at radius 1 is 1.47 bits per heavy atom. The Morgan fingerprint density at radius 3 is 2.71 bits per heavy atom. The van der Waals surface area contributed by atoms with Gasteiger partial charge in [0, 0.05) is 11.0 Å². The average Bonchev–Trinajstić information content (AvgIpc) is 2.73. The Kier molecular flexibility index (Phi) is 3.48. The van der Waals surface area contributed by atoms with Crippen molar-refractivity contribution in [2.45, 2.75) is 6.04 Å². The number of phenolic OH excluding ortho intramolecular Hbond substituents is 1. The summed E-state index contributed by atoms with van der Waals surface area (Å²) in [4.78, 5) is 11.1. The molecule has 1 aliphatic rings. The molecule has 1 fully saturated rings. The van der Waals surface area contributed by atoms with Crippen molar-refractivity contribution in [2.75, 3.05) is 13.7 Å². The molecule has 0 radical (unpaired) electrons. The van der Waals surface area contributed by atoms with E-state index in [4.69, 9.17) is 4.74 Å². The number of aromatic hydroxyl groups is 1. The van der Waals surface area contributed by atoms with Crippen LogP contribution in [0.25, 0.3) is 0 Å². The fourth-order valence-corrected chi connectivity index (χ4v) is 2.67. The van der Waals surface area contributed by atoms with Gasteiger partial charge in [0.15, 0.2) is 11.5 Å². The van der Waals surface area contributed by atoms with E-state index in [2.05, 4.69) is 42.5 Å². The van der Waals surface area contributed by atoms with Gasteiger partial charge in [0.2, 0.25) is 0 Å². The standard InChI is InChI=1S/C10H10Br2N2O3/c1-17-6-2-4(5-3-13-10(16)14-5)7(11)8(12)9(6)15/h2,5,15H,3H2,1H3,(H2,13,14,16)/t5-/m1/s1. The molecule has 2 amide bonds. The number of halogens is 2. The molecule has 3 N–H and O–H groups in total. The number of carbonyl (C=O) groups excluding carboxylic acids is 1. The zero-order valence-corrected chi connectivity index (χ0v) is 12.1. The van der Waals surface area contributed by atoms with Crippen molar-refractivity contribution in [1.29, 1.82) is 0 Å². The maximum atomic E-state index is 11.1. The van der Waals surface area contributed by atoms with Crippen molar-refractivity contribution in [3.8, 4) is 11.5 Å². The summed E-state index contributed by atoms with van der Waals surface area (Å²) in [5.41, 5.74) is 0.838. The molecule has 0 aromatic heterocycles. The topological polar surface area (TPSA) is 70.6 Å². The summed E-state index contributed by atoms with van der Waals surface area (Å²) in [6, 6.07) is 1.34. The average molecular weight is 366 g/mol. The van der Waals surface area contributed by atoms with Gasteiger partial charge in [-0.3, -0.25) is 0 Å². The highest BCUT2D eigenvalue weighted by molar-refractivity contribution is 9.13. The molecule has 1 atom stereocenters. The lowest BCUT2D eigenvalue weighted by Gasteiger charge is -2.16. The number of phenols is 1. The minimum Gasteiger partial charge on any atom is -0.503 e. The molecule has 0 saturated carbocycles. The lowest BCUT2D eigenvalue weighted by molar-refractivity contribution is 0.247. The van der Waals surface area contributed by atoms with Crippen LogP contribution in [0.5, 0.6) is 11.5 Å². The summed E-state index contributed by atoms with van der Waals surface area (Å²) < 4.78 is 6.28. The highest BCUT2D eigenvalue weighted by Gasteiger charge is 2.26. The lowest BCUT2D eigenvalue weighted by Crippen LogP contribution is -2.21. The van der Waals surface area contributed by atoms with Crippen LogP contribution in [0.4, 0.5) is 4.79 Å². The van der Waals surface area contributed by atoms with Gasteiger partial charge in [-0.1, -0.05) is 0 Å². The van der Waals surface area contributed by atoms with E-state index in [1.165, 1.54) is 7.11 Å². The van der Waals surface area contributed by atoms with Crippen molar-refractivity contribution in [2.24, 2.45) is 0 Å². The number of nitrogens with one attached hydrogen (secondary N) is 2. The van der Waals surface area contributed by atoms with E-state index in [9.17, 15) is 9.90 Å². The van der Waals surface area contributed by atoms with Crippen LogP contribution in [0, 0.1) is 0 Å². The van der Waals surface area contributed by atoms with E-state index in [1.807, 2.05) is 0 Å². The van der Waals surface area contributed by atoms with Crippen LogP contribution >= 0.6 is 31.9 Å². The zero-order chi connectivity index (χ0) is 12.6. The van der Waals surface area contributed by atoms with E-state index in [0.29, 0.717) is 21.2 Å². The van der Waals surface area contributed by atoms with Gasteiger partial charge in [-0.15, -0.1) is 0 Å². The van der Waals surface area contributed by atoms with Gasteiger partial charge in [0.05, 0.1) is 17.6 Å². The molecule has 1 saturated heterocycles. The fraction of sp³-hybridized carbons (Fsp3) is 0.300. The first-order valence-corrected chi connectivity index (χ1v) is 6.42. The minimum atomic E-state index is -0.204. The summed E-state index contributed by atoms with van der Waals surface area (Å²) in [5.74, 6) is 0.386. The molecule has 0 unspecified atom stereocenters. The monoisotopic (exact) mass is 364 g/mol. The predicted octanol–water partition coefficient (Wildman–Crippen LogP) is 2.28. The molecule has 7 heteroatoms. The number of amides is 2. The van der Waals surface area contributed by atoms with E-state index in [1.54, 1.807) is 6.07 Å². The molecule has 17 heavy (non-hydrogen) atoms. The third kappa shape index (κ3) is 2.21. The molecule has 0 spiro atoms. The van der Waals surface area contributed by atoms with Crippen LogP contribution in [0.3, 0.4) is 0 Å². The Labute approximate surface area is 115 Å². The number of ether oxygens (including phenoxy) is 1. The molecule has 1 aromatic carbocycles. The Hall–Kier alpha value is -0.950. The molecule has 1 aromatic rings. The smallest absolute Gasteiger partial charge is 0.315 e. The van der Waals surface area contributed by atoms with Crippen molar-refractivity contribution in [3.05, 3.63) is 20.6 Å². The fourth-order valence-electron chi connectivity index (χ4n) is 1.66. The van der Waals surface area contributed by atoms with E-state index in [0.717, 1.165) is 5.56 Å². The van der Waals surface area contributed by atoms with Gasteiger partial charge >= 0.3 is 6.03 Å². The Morgan fingerprint density at radius 2 is 2.18 bits per heavy atom. The van der Waals surface area contributed by atoms with Crippen LogP contribution in [-0.2, 0) is 0 Å². The Balaban J connectivity index is 2.47. The van der Waals surface area contributed by atoms with E-state index >= 15 is 0 Å². The van der Waals surface area contributed by atoms with Crippen molar-refractivity contribution in [1.82, 2.24) is 10.6 Å². The molecule has 1 aliphatic heterocycles. The van der Waals surface area contributed by atoms with E-state index in [-0.39, 0.29) is 17.8 Å². The number of carbonyl (C=O) groups is 1. The minimum absolute atomic E-state index is 0.0282. The van der Waals surface area contributed by atoms with Crippen molar-refractivity contribution < 1.29 is 14.6 Å². The quantitative estimate of drug-likeness (QED) is 0.752. The largest absolute Gasteiger partial charge is 0.503 e. The van der Waals surface area contributed by atoms with Gasteiger partial charge in [-0.25, -0.2) is 4.79 Å². The van der Waals surface area contributed by atoms with Crippen molar-refractivity contribution >= 4 is 37.9 Å². The molecule has 0 bridgehead atoms. The zero-order valence-electron chi connectivity index (χ0n) is 8.88. The van der Waals surface area contributed by atoms with E-state index < -0.39 is 0 Å². The van der Waals surface area contributed by atoms with Crippen LogP contribution in [0.2, 0.25) is 0 Å². The third-order valence-corrected chi connectivity index (χ3v) is 4.70. The normalized spacial score (nSPS) is 18.8. The van der Waals surface area contributed by atoms with Gasteiger partial charge < -0.3 is 20.5 Å². The van der Waals surface area contributed by atoms with Crippen LogP contribution in [0.15, 0.2) is 15.0 Å². The molecule has 1 heterocycles. The Bertz CT molecular complexity index is 479. The highest BCUT2D eigenvalue weighted by Crippen LogP contribution is 2.43. The number of rotatable bonds is 2. The van der Waals surface area contributed by atoms with Crippen LogP contribution < -0.4 is 15.4 Å². The van der Waals surface area contributed by atoms with Gasteiger partial charge in [-0.2, -0.15) is 0 Å². The molecule has 5 nitrogen and oxygen atoms in total. The predicted molar refractivity (Wildman–Crippen MR) is 69.3 cm³/mol. The number of hydrogen-bond acceptors (Lipinski definition) is 3. The summed E-state index contributed by atoms with van der Waals surface area (Å²) in [6.45, 7) is 0.498. The first-order valence-electron chi connectivity index (χ1n) is 4.83.